The van der Waals surface area contributed by atoms with Crippen LogP contribution in [0.25, 0.3) is 0 Å². The lowest BCUT2D eigenvalue weighted by atomic mass is 10.2. The van der Waals surface area contributed by atoms with E-state index in [-0.39, 0.29) is 0 Å². The van der Waals surface area contributed by atoms with Gasteiger partial charge in [-0.25, -0.2) is 4.98 Å². The zero-order valence-corrected chi connectivity index (χ0v) is 15.5. The summed E-state index contributed by atoms with van der Waals surface area (Å²) >= 11 is 12.8. The minimum atomic E-state index is 0.395. The minimum absolute atomic E-state index is 0.395. The summed E-state index contributed by atoms with van der Waals surface area (Å²) in [4.78, 5) is 5.06. The highest BCUT2D eigenvalue weighted by Gasteiger charge is 2.09. The molecule has 6 nitrogen and oxygen atoms in total. The number of nitrogens with one attached hydrogen (secondary N) is 2. The molecule has 24 heavy (non-hydrogen) atoms. The fraction of sp³-hybridized carbons (Fsp3) is 0.200. The van der Waals surface area contributed by atoms with Crippen molar-refractivity contribution in [3.8, 4) is 0 Å². The van der Waals surface area contributed by atoms with Crippen molar-refractivity contribution in [3.63, 3.8) is 0 Å². The summed E-state index contributed by atoms with van der Waals surface area (Å²) in [6.45, 7) is 4.03. The highest BCUT2D eigenvalue weighted by Crippen LogP contribution is 2.28. The number of nitrogens with zero attached hydrogens (tertiary/aromatic N) is 4. The number of hydrogen-bond acceptors (Lipinski definition) is 6. The van der Waals surface area contributed by atoms with Gasteiger partial charge in [0.25, 0.3) is 0 Å². The summed E-state index contributed by atoms with van der Waals surface area (Å²) in [7, 11) is 0. The van der Waals surface area contributed by atoms with Gasteiger partial charge in [-0.1, -0.05) is 47.6 Å². The van der Waals surface area contributed by atoms with Crippen molar-refractivity contribution < 1.29 is 0 Å². The zero-order chi connectivity index (χ0) is 17.1. The van der Waals surface area contributed by atoms with E-state index >= 15 is 0 Å². The molecule has 2 N–H and O–H groups in total. The van der Waals surface area contributed by atoms with Gasteiger partial charge in [0.2, 0.25) is 4.77 Å². The first-order chi connectivity index (χ1) is 11.6. The Morgan fingerprint density at radius 1 is 1.42 bits per heavy atom. The molecule has 0 radical (unpaired) electrons. The molecule has 124 valence electrons. The molecule has 0 bridgehead atoms. The number of anilines is 2. The number of thiazole rings is 1. The molecule has 1 aromatic carbocycles. The Bertz CT molecular complexity index is 922. The van der Waals surface area contributed by atoms with Crippen LogP contribution >= 0.6 is 35.2 Å². The quantitative estimate of drug-likeness (QED) is 0.504. The van der Waals surface area contributed by atoms with Gasteiger partial charge in [-0.15, -0.1) is 0 Å². The summed E-state index contributed by atoms with van der Waals surface area (Å²) < 4.78 is 2.03. The molecule has 0 saturated heterocycles. The zero-order valence-electron chi connectivity index (χ0n) is 13.1. The lowest BCUT2D eigenvalue weighted by Crippen LogP contribution is -1.96. The van der Waals surface area contributed by atoms with E-state index in [9.17, 15) is 0 Å². The van der Waals surface area contributed by atoms with Crippen LogP contribution in [0, 0.1) is 11.7 Å². The standard InChI is InChI=1S/C15H15ClN6S2/c1-3-12-20-21-15(23)22(12)17-8-11-13(16)19-14(24-11)18-10-6-4-9(2)5-7-10/h4-8H,3H2,1-2H3,(H,18,19)(H,21,23)/b17-8+. The van der Waals surface area contributed by atoms with Crippen LogP contribution in [0.1, 0.15) is 23.2 Å². The van der Waals surface area contributed by atoms with Crippen LogP contribution in [-0.4, -0.2) is 26.1 Å². The van der Waals surface area contributed by atoms with Crippen molar-refractivity contribution in [2.24, 2.45) is 5.10 Å². The van der Waals surface area contributed by atoms with Gasteiger partial charge in [-0.2, -0.15) is 14.9 Å². The second-order valence-electron chi connectivity index (χ2n) is 5.02. The van der Waals surface area contributed by atoms with Crippen LogP contribution in [-0.2, 0) is 6.42 Å². The topological polar surface area (TPSA) is 70.9 Å². The van der Waals surface area contributed by atoms with Crippen molar-refractivity contribution in [1.82, 2.24) is 19.9 Å². The van der Waals surface area contributed by atoms with E-state index in [0.717, 1.165) is 22.8 Å². The predicted molar refractivity (Wildman–Crippen MR) is 101 cm³/mol. The van der Waals surface area contributed by atoms with Crippen molar-refractivity contribution in [2.75, 3.05) is 5.32 Å². The maximum absolute atomic E-state index is 6.20. The Hall–Kier alpha value is -2.03. The summed E-state index contributed by atoms with van der Waals surface area (Å²) in [5.74, 6) is 0.759. The second-order valence-corrected chi connectivity index (χ2v) is 6.80. The molecule has 0 unspecified atom stereocenters. The molecule has 9 heteroatoms. The normalized spacial score (nSPS) is 11.3. The fourth-order valence-electron chi connectivity index (χ4n) is 1.99. The predicted octanol–water partition coefficient (Wildman–Crippen LogP) is 4.55. The van der Waals surface area contributed by atoms with Crippen molar-refractivity contribution in [3.05, 3.63) is 50.5 Å². The molecule has 0 saturated carbocycles. The monoisotopic (exact) mass is 378 g/mol. The summed E-state index contributed by atoms with van der Waals surface area (Å²) in [6, 6.07) is 8.06. The maximum atomic E-state index is 6.20. The molecule has 0 fully saturated rings. The van der Waals surface area contributed by atoms with E-state index in [1.54, 1.807) is 10.9 Å². The van der Waals surface area contributed by atoms with Crippen molar-refractivity contribution in [1.29, 1.82) is 0 Å². The highest BCUT2D eigenvalue weighted by molar-refractivity contribution is 7.71. The van der Waals surface area contributed by atoms with E-state index in [2.05, 4.69) is 25.6 Å². The molecule has 0 aliphatic rings. The van der Waals surface area contributed by atoms with Crippen LogP contribution in [0.2, 0.25) is 5.15 Å². The molecule has 3 rings (SSSR count). The van der Waals surface area contributed by atoms with Crippen LogP contribution in [0.5, 0.6) is 0 Å². The number of aryl methyl sites for hydroxylation is 2. The maximum Gasteiger partial charge on any atom is 0.216 e. The fourth-order valence-corrected chi connectivity index (χ4v) is 3.23. The van der Waals surface area contributed by atoms with E-state index in [1.807, 2.05) is 38.1 Å². The van der Waals surface area contributed by atoms with Crippen LogP contribution < -0.4 is 5.32 Å². The summed E-state index contributed by atoms with van der Waals surface area (Å²) in [6.07, 6.45) is 2.37. The van der Waals surface area contributed by atoms with Crippen LogP contribution in [0.4, 0.5) is 10.8 Å². The van der Waals surface area contributed by atoms with Gasteiger partial charge in [0.15, 0.2) is 16.1 Å². The minimum Gasteiger partial charge on any atom is -0.331 e. The number of aromatic nitrogens is 4. The Morgan fingerprint density at radius 3 is 2.88 bits per heavy atom. The van der Waals surface area contributed by atoms with Gasteiger partial charge >= 0.3 is 0 Å². The first-order valence-corrected chi connectivity index (χ1v) is 8.87. The van der Waals surface area contributed by atoms with Crippen LogP contribution in [0.15, 0.2) is 29.4 Å². The first kappa shape index (κ1) is 16.8. The van der Waals surface area contributed by atoms with Gasteiger partial charge in [-0.3, -0.25) is 5.10 Å². The van der Waals surface area contributed by atoms with Gasteiger partial charge < -0.3 is 5.32 Å². The Morgan fingerprint density at radius 2 is 2.17 bits per heavy atom. The molecular formula is C15H15ClN6S2. The first-order valence-electron chi connectivity index (χ1n) is 7.27. The molecule has 0 aliphatic heterocycles. The van der Waals surface area contributed by atoms with E-state index in [1.165, 1.54) is 16.9 Å². The van der Waals surface area contributed by atoms with Crippen molar-refractivity contribution >= 4 is 52.2 Å². The molecule has 0 spiro atoms. The highest BCUT2D eigenvalue weighted by atomic mass is 35.5. The number of halogens is 1. The third kappa shape index (κ3) is 3.72. The second kappa shape index (κ2) is 7.25. The van der Waals surface area contributed by atoms with E-state index in [4.69, 9.17) is 23.8 Å². The van der Waals surface area contributed by atoms with E-state index < -0.39 is 0 Å². The Kier molecular flexibility index (Phi) is 5.08. The molecule has 0 atom stereocenters. The number of rotatable bonds is 5. The molecule has 2 heterocycles. The average molecular weight is 379 g/mol. The average Bonchev–Trinajstić information content (AvgIpc) is 3.10. The summed E-state index contributed by atoms with van der Waals surface area (Å²) in [5, 5.41) is 15.5. The largest absolute Gasteiger partial charge is 0.331 e. The third-order valence-electron chi connectivity index (χ3n) is 3.24. The van der Waals surface area contributed by atoms with Gasteiger partial charge in [0.1, 0.15) is 0 Å². The van der Waals surface area contributed by atoms with Crippen LogP contribution in [0.3, 0.4) is 0 Å². The number of H-pyrrole nitrogens is 1. The summed E-state index contributed by atoms with van der Waals surface area (Å²) in [5.41, 5.74) is 2.16. The third-order valence-corrected chi connectivity index (χ3v) is 4.81. The Balaban J connectivity index is 1.81. The molecular weight excluding hydrogens is 364 g/mol. The van der Waals surface area contributed by atoms with Gasteiger partial charge in [-0.05, 0) is 31.3 Å². The molecule has 3 aromatic rings. The molecule has 0 aliphatic carbocycles. The Labute approximate surface area is 153 Å². The number of hydrogen-bond donors (Lipinski definition) is 2. The van der Waals surface area contributed by atoms with E-state index in [0.29, 0.717) is 15.1 Å². The van der Waals surface area contributed by atoms with Crippen molar-refractivity contribution in [2.45, 2.75) is 20.3 Å². The number of benzene rings is 1. The lowest BCUT2D eigenvalue weighted by Gasteiger charge is -2.01. The lowest BCUT2D eigenvalue weighted by molar-refractivity contribution is 0.780. The smallest absolute Gasteiger partial charge is 0.216 e. The van der Waals surface area contributed by atoms with Gasteiger partial charge in [0, 0.05) is 12.1 Å². The van der Waals surface area contributed by atoms with Gasteiger partial charge in [0.05, 0.1) is 11.1 Å². The molecule has 2 aromatic heterocycles. The number of aromatic amines is 1. The molecule has 0 amide bonds. The SMILES string of the molecule is CCc1n[nH]c(=S)n1/N=C/c1sc(Nc2ccc(C)cc2)nc1Cl.